The third-order valence-corrected chi connectivity index (χ3v) is 5.35. The number of carbonyl (C=O) groups is 1. The number of ketones is 1. The largest absolute Gasteiger partial charge is 0.496 e. The SMILES string of the molecule is COc1ccc2c3c(c(NCCN(C)C)nc2c1C)C(=O)c1ccnc(Cl)c1-3. The van der Waals surface area contributed by atoms with Gasteiger partial charge in [-0.1, -0.05) is 11.6 Å². The van der Waals surface area contributed by atoms with Crippen LogP contribution in [0.5, 0.6) is 5.75 Å². The van der Waals surface area contributed by atoms with Crippen molar-refractivity contribution in [2.45, 2.75) is 6.92 Å². The maximum Gasteiger partial charge on any atom is 0.198 e. The summed E-state index contributed by atoms with van der Waals surface area (Å²) in [6.07, 6.45) is 1.56. The number of anilines is 1. The van der Waals surface area contributed by atoms with Crippen LogP contribution in [0.4, 0.5) is 5.82 Å². The van der Waals surface area contributed by atoms with Crippen molar-refractivity contribution in [3.8, 4) is 16.9 Å². The number of benzene rings is 1. The second-order valence-electron chi connectivity index (χ2n) is 7.08. The monoisotopic (exact) mass is 396 g/mol. The lowest BCUT2D eigenvalue weighted by molar-refractivity contribution is 0.104. The number of ether oxygens (including phenoxy) is 1. The Morgan fingerprint density at radius 2 is 1.96 bits per heavy atom. The minimum Gasteiger partial charge on any atom is -0.496 e. The summed E-state index contributed by atoms with van der Waals surface area (Å²) in [6.45, 7) is 3.44. The topological polar surface area (TPSA) is 67.3 Å². The highest BCUT2D eigenvalue weighted by Crippen LogP contribution is 2.47. The quantitative estimate of drug-likeness (QED) is 0.518. The first kappa shape index (κ1) is 18.7. The first-order chi connectivity index (χ1) is 13.4. The number of rotatable bonds is 5. The van der Waals surface area contributed by atoms with E-state index < -0.39 is 0 Å². The molecule has 0 saturated heterocycles. The number of methoxy groups -OCH3 is 1. The van der Waals surface area contributed by atoms with Gasteiger partial charge in [0.25, 0.3) is 0 Å². The minimum atomic E-state index is -0.0791. The van der Waals surface area contributed by atoms with Gasteiger partial charge in [-0.3, -0.25) is 4.79 Å². The van der Waals surface area contributed by atoms with E-state index in [0.717, 1.165) is 34.3 Å². The van der Waals surface area contributed by atoms with Gasteiger partial charge in [0.15, 0.2) is 5.78 Å². The summed E-state index contributed by atoms with van der Waals surface area (Å²) in [4.78, 5) is 24.3. The van der Waals surface area contributed by atoms with Gasteiger partial charge in [-0.15, -0.1) is 0 Å². The second-order valence-corrected chi connectivity index (χ2v) is 7.44. The average Bonchev–Trinajstić information content (AvgIpc) is 2.97. The summed E-state index contributed by atoms with van der Waals surface area (Å²) in [6, 6.07) is 5.54. The molecular formula is C21H21ClN4O2. The van der Waals surface area contributed by atoms with E-state index in [-0.39, 0.29) is 5.78 Å². The van der Waals surface area contributed by atoms with Gasteiger partial charge < -0.3 is 15.0 Å². The number of halogens is 1. The predicted molar refractivity (Wildman–Crippen MR) is 112 cm³/mol. The van der Waals surface area contributed by atoms with Crippen molar-refractivity contribution < 1.29 is 9.53 Å². The Labute approximate surface area is 168 Å². The van der Waals surface area contributed by atoms with Crippen molar-refractivity contribution in [1.29, 1.82) is 0 Å². The highest BCUT2D eigenvalue weighted by Gasteiger charge is 2.34. The van der Waals surface area contributed by atoms with Crippen LogP contribution in [0.3, 0.4) is 0 Å². The summed E-state index contributed by atoms with van der Waals surface area (Å²) in [5.74, 6) is 1.24. The van der Waals surface area contributed by atoms with Gasteiger partial charge in [-0.25, -0.2) is 9.97 Å². The van der Waals surface area contributed by atoms with Crippen LogP contribution in [-0.2, 0) is 0 Å². The average molecular weight is 397 g/mol. The van der Waals surface area contributed by atoms with Gasteiger partial charge in [-0.2, -0.15) is 0 Å². The van der Waals surface area contributed by atoms with Crippen molar-refractivity contribution in [2.24, 2.45) is 0 Å². The van der Waals surface area contributed by atoms with Crippen LogP contribution in [0.1, 0.15) is 21.5 Å². The number of fused-ring (bicyclic) bond motifs is 5. The second kappa shape index (κ2) is 7.04. The molecule has 0 fully saturated rings. The number of hydrogen-bond donors (Lipinski definition) is 1. The van der Waals surface area contributed by atoms with E-state index >= 15 is 0 Å². The number of aromatic nitrogens is 2. The van der Waals surface area contributed by atoms with E-state index in [1.165, 1.54) is 0 Å². The van der Waals surface area contributed by atoms with Crippen molar-refractivity contribution >= 4 is 34.1 Å². The van der Waals surface area contributed by atoms with Crippen molar-refractivity contribution in [3.63, 3.8) is 0 Å². The first-order valence-corrected chi connectivity index (χ1v) is 9.41. The fourth-order valence-corrected chi connectivity index (χ4v) is 3.93. The van der Waals surface area contributed by atoms with Crippen LogP contribution in [0.15, 0.2) is 24.4 Å². The van der Waals surface area contributed by atoms with E-state index in [1.54, 1.807) is 19.4 Å². The van der Waals surface area contributed by atoms with Gasteiger partial charge in [-0.05, 0) is 39.2 Å². The molecule has 144 valence electrons. The van der Waals surface area contributed by atoms with Crippen LogP contribution >= 0.6 is 11.6 Å². The van der Waals surface area contributed by atoms with Crippen LogP contribution in [0.2, 0.25) is 5.15 Å². The molecule has 2 heterocycles. The number of nitrogens with one attached hydrogen (secondary N) is 1. The molecule has 1 aliphatic rings. The number of aryl methyl sites for hydroxylation is 1. The first-order valence-electron chi connectivity index (χ1n) is 9.03. The normalized spacial score (nSPS) is 12.4. The van der Waals surface area contributed by atoms with Gasteiger partial charge >= 0.3 is 0 Å². The molecule has 7 heteroatoms. The number of pyridine rings is 2. The van der Waals surface area contributed by atoms with Gasteiger partial charge in [0.2, 0.25) is 0 Å². The Morgan fingerprint density at radius 1 is 1.18 bits per heavy atom. The molecule has 0 bridgehead atoms. The molecule has 0 saturated carbocycles. The highest BCUT2D eigenvalue weighted by atomic mass is 35.5. The van der Waals surface area contributed by atoms with Crippen LogP contribution in [-0.4, -0.2) is 54.9 Å². The maximum atomic E-state index is 13.2. The van der Waals surface area contributed by atoms with E-state index in [9.17, 15) is 4.79 Å². The predicted octanol–water partition coefficient (Wildman–Crippen LogP) is 3.79. The minimum absolute atomic E-state index is 0.0791. The fourth-order valence-electron chi connectivity index (χ4n) is 3.67. The highest BCUT2D eigenvalue weighted by molar-refractivity contribution is 6.37. The Kier molecular flexibility index (Phi) is 4.69. The molecule has 28 heavy (non-hydrogen) atoms. The summed E-state index contributed by atoms with van der Waals surface area (Å²) in [5.41, 5.74) is 4.29. The van der Waals surface area contributed by atoms with Gasteiger partial charge in [0.05, 0.1) is 18.2 Å². The van der Waals surface area contributed by atoms with E-state index in [0.29, 0.717) is 34.2 Å². The van der Waals surface area contributed by atoms with E-state index in [4.69, 9.17) is 21.3 Å². The Morgan fingerprint density at radius 3 is 2.68 bits per heavy atom. The lowest BCUT2D eigenvalue weighted by Gasteiger charge is -2.16. The van der Waals surface area contributed by atoms with Crippen molar-refractivity contribution in [1.82, 2.24) is 14.9 Å². The van der Waals surface area contributed by atoms with Crippen molar-refractivity contribution in [3.05, 3.63) is 46.2 Å². The van der Waals surface area contributed by atoms with Gasteiger partial charge in [0, 0.05) is 46.9 Å². The zero-order chi connectivity index (χ0) is 20.0. The van der Waals surface area contributed by atoms with E-state index in [2.05, 4.69) is 15.2 Å². The summed E-state index contributed by atoms with van der Waals surface area (Å²) < 4.78 is 5.47. The number of nitrogens with zero attached hydrogens (tertiary/aromatic N) is 3. The summed E-state index contributed by atoms with van der Waals surface area (Å²) in [5, 5.41) is 4.53. The molecule has 4 rings (SSSR count). The molecule has 0 atom stereocenters. The smallest absolute Gasteiger partial charge is 0.198 e. The molecule has 0 aliphatic heterocycles. The number of carbonyl (C=O) groups excluding carboxylic acids is 1. The third-order valence-electron chi connectivity index (χ3n) is 5.06. The van der Waals surface area contributed by atoms with Gasteiger partial charge in [0.1, 0.15) is 16.7 Å². The Bertz CT molecular complexity index is 1110. The lowest BCUT2D eigenvalue weighted by atomic mass is 9.99. The number of hydrogen-bond acceptors (Lipinski definition) is 6. The Hall–Kier alpha value is -2.70. The Balaban J connectivity index is 2.02. The van der Waals surface area contributed by atoms with E-state index in [1.807, 2.05) is 33.2 Å². The molecule has 0 unspecified atom stereocenters. The zero-order valence-corrected chi connectivity index (χ0v) is 17.0. The van der Waals surface area contributed by atoms with Crippen LogP contribution < -0.4 is 10.1 Å². The third kappa shape index (κ3) is 2.80. The summed E-state index contributed by atoms with van der Waals surface area (Å²) >= 11 is 6.42. The van der Waals surface area contributed by atoms with Crippen LogP contribution in [0, 0.1) is 6.92 Å². The van der Waals surface area contributed by atoms with Crippen molar-refractivity contribution in [2.75, 3.05) is 39.6 Å². The maximum absolute atomic E-state index is 13.2. The molecule has 0 amide bonds. The molecule has 6 nitrogen and oxygen atoms in total. The molecule has 2 aromatic heterocycles. The molecule has 1 aromatic carbocycles. The fraction of sp³-hybridized carbons (Fsp3) is 0.286. The molecule has 1 aliphatic carbocycles. The standard InChI is InChI=1S/C21H21ClN4O2/c1-11-14(28-4)6-5-12-15-16-13(7-8-23-20(16)22)19(27)17(15)21(25-18(11)12)24-9-10-26(2)3/h5-8H,9-10H2,1-4H3,(H,24,25). The zero-order valence-electron chi connectivity index (χ0n) is 16.3. The molecular weight excluding hydrogens is 376 g/mol. The lowest BCUT2D eigenvalue weighted by Crippen LogP contribution is -2.22. The van der Waals surface area contributed by atoms with Crippen LogP contribution in [0.25, 0.3) is 22.0 Å². The molecule has 1 N–H and O–H groups in total. The number of likely N-dealkylation sites (N-methyl/N-ethyl adjacent to an activating group) is 1. The molecule has 0 spiro atoms. The molecule has 3 aromatic rings. The summed E-state index contributed by atoms with van der Waals surface area (Å²) in [7, 11) is 5.64. The molecule has 0 radical (unpaired) electrons.